The largest absolute Gasteiger partial charge is 0.314 e. The minimum atomic E-state index is 0. The van der Waals surface area contributed by atoms with Crippen LogP contribution in [-0.4, -0.2) is 5.91 Å². The summed E-state index contributed by atoms with van der Waals surface area (Å²) in [6.07, 6.45) is 2.10. The van der Waals surface area contributed by atoms with Crippen molar-refractivity contribution in [3.63, 3.8) is 0 Å². The molecule has 0 saturated heterocycles. The molecule has 1 aliphatic rings. The number of hydrogen-bond acceptors (Lipinski definition) is 1. The van der Waals surface area contributed by atoms with Crippen LogP contribution in [-0.2, 0) is 4.79 Å². The van der Waals surface area contributed by atoms with Gasteiger partial charge in [0.15, 0.2) is 0 Å². The van der Waals surface area contributed by atoms with Crippen LogP contribution in [0.1, 0.15) is 19.8 Å². The zero-order valence-electron chi connectivity index (χ0n) is 4.53. The van der Waals surface area contributed by atoms with E-state index in [9.17, 15) is 4.79 Å². The molecule has 1 amide bonds. The van der Waals surface area contributed by atoms with Gasteiger partial charge in [0.05, 0.1) is 5.41 Å². The number of carbonyl (C=O) groups excluding carboxylic acids is 1. The second-order valence-electron chi connectivity index (χ2n) is 2.48. The van der Waals surface area contributed by atoms with Gasteiger partial charge in [0.1, 0.15) is 0 Å². The molecule has 1 rings (SSSR count). The summed E-state index contributed by atoms with van der Waals surface area (Å²) in [6, 6.07) is 0. The molecule has 0 aromatic rings. The lowest BCUT2D eigenvalue weighted by Crippen LogP contribution is -2.60. The minimum Gasteiger partial charge on any atom is -0.294 e. The van der Waals surface area contributed by atoms with Crippen LogP contribution in [0.2, 0.25) is 0 Å². The third-order valence-electron chi connectivity index (χ3n) is 1.67. The quantitative estimate of drug-likeness (QED) is 0.476. The van der Waals surface area contributed by atoms with Crippen LogP contribution in [0.25, 0.3) is 0 Å². The molecular formula is C5H10NO+. The molecule has 0 atom stereocenters. The van der Waals surface area contributed by atoms with E-state index in [0.717, 1.165) is 12.8 Å². The predicted octanol–water partition coefficient (Wildman–Crippen LogP) is -0.445. The van der Waals surface area contributed by atoms with Crippen LogP contribution in [0.15, 0.2) is 0 Å². The Balaban J connectivity index is 2.55. The summed E-state index contributed by atoms with van der Waals surface area (Å²) in [4.78, 5) is 10.4. The summed E-state index contributed by atoms with van der Waals surface area (Å²) in [5.74, 6) is 0.104. The van der Waals surface area contributed by atoms with Gasteiger partial charge in [0.2, 0.25) is 0 Å². The molecule has 0 bridgehead atoms. The summed E-state index contributed by atoms with van der Waals surface area (Å²) >= 11 is 0. The van der Waals surface area contributed by atoms with Gasteiger partial charge in [-0.1, -0.05) is 0 Å². The van der Waals surface area contributed by atoms with E-state index in [1.165, 1.54) is 0 Å². The first-order chi connectivity index (χ1) is 3.15. The van der Waals surface area contributed by atoms with Crippen molar-refractivity contribution in [1.82, 2.24) is 0 Å². The first-order valence-electron chi connectivity index (χ1n) is 2.51. The number of carbonyl (C=O) groups is 1. The van der Waals surface area contributed by atoms with Crippen molar-refractivity contribution in [2.24, 2.45) is 5.41 Å². The zero-order valence-corrected chi connectivity index (χ0v) is 4.53. The molecule has 1 fully saturated rings. The van der Waals surface area contributed by atoms with Crippen molar-refractivity contribution in [3.8, 4) is 0 Å². The highest BCUT2D eigenvalue weighted by Gasteiger charge is 2.46. The van der Waals surface area contributed by atoms with E-state index in [1.54, 1.807) is 0 Å². The van der Waals surface area contributed by atoms with E-state index in [1.807, 2.05) is 6.92 Å². The Hall–Kier alpha value is -0.370. The third-order valence-corrected chi connectivity index (χ3v) is 1.67. The molecule has 0 aromatic carbocycles. The zero-order chi connectivity index (χ0) is 5.49. The van der Waals surface area contributed by atoms with Gasteiger partial charge >= 0.3 is 5.91 Å². The second kappa shape index (κ2) is 1.07. The minimum absolute atomic E-state index is 0. The van der Waals surface area contributed by atoms with Gasteiger partial charge in [0.25, 0.3) is 0 Å². The lowest BCUT2D eigenvalue weighted by molar-refractivity contribution is -0.313. The first kappa shape index (κ1) is 4.78. The number of rotatable bonds is 1. The highest BCUT2D eigenvalue weighted by molar-refractivity contribution is 5.74. The van der Waals surface area contributed by atoms with Gasteiger partial charge in [-0.15, -0.1) is 0 Å². The Labute approximate surface area is 42.7 Å². The normalized spacial score (nSPS) is 24.3. The Kier molecular flexibility index (Phi) is 0.729. The fourth-order valence-electron chi connectivity index (χ4n) is 0.466. The lowest BCUT2D eigenvalue weighted by atomic mass is 10.1. The highest BCUT2D eigenvalue weighted by Crippen LogP contribution is 2.43. The van der Waals surface area contributed by atoms with Crippen LogP contribution in [0.5, 0.6) is 0 Å². The molecule has 0 spiro atoms. The first-order valence-corrected chi connectivity index (χ1v) is 2.51. The number of amides is 1. The van der Waals surface area contributed by atoms with Crippen molar-refractivity contribution in [2.75, 3.05) is 0 Å². The van der Waals surface area contributed by atoms with Gasteiger partial charge in [-0.2, -0.15) is 0 Å². The van der Waals surface area contributed by atoms with Crippen molar-refractivity contribution >= 4 is 5.91 Å². The maximum absolute atomic E-state index is 10.4. The second-order valence-corrected chi connectivity index (χ2v) is 2.48. The lowest BCUT2D eigenvalue weighted by Gasteiger charge is -1.91. The van der Waals surface area contributed by atoms with Crippen molar-refractivity contribution in [3.05, 3.63) is 0 Å². The van der Waals surface area contributed by atoms with Gasteiger partial charge in [-0.25, -0.2) is 4.79 Å². The van der Waals surface area contributed by atoms with Crippen LogP contribution < -0.4 is 5.73 Å². The molecule has 1 aliphatic carbocycles. The molecule has 40 valence electrons. The fourth-order valence-corrected chi connectivity index (χ4v) is 0.466. The fraction of sp³-hybridized carbons (Fsp3) is 0.800. The van der Waals surface area contributed by atoms with Crippen LogP contribution in [0.4, 0.5) is 0 Å². The average Bonchev–Trinajstić information content (AvgIpc) is 2.21. The van der Waals surface area contributed by atoms with Crippen molar-refractivity contribution < 1.29 is 10.5 Å². The third kappa shape index (κ3) is 0.657. The summed E-state index contributed by atoms with van der Waals surface area (Å²) in [5.41, 5.74) is 3.33. The Morgan fingerprint density at radius 3 is 2.14 bits per heavy atom. The average molecular weight is 100 g/mol. The topological polar surface area (TPSA) is 44.7 Å². The van der Waals surface area contributed by atoms with E-state index in [4.69, 9.17) is 0 Å². The monoisotopic (exact) mass is 100 g/mol. The SMILES string of the molecule is CC1(C([NH3+])=O)CC1. The van der Waals surface area contributed by atoms with Crippen LogP contribution in [0.3, 0.4) is 0 Å². The Morgan fingerprint density at radius 2 is 2.14 bits per heavy atom. The van der Waals surface area contributed by atoms with Gasteiger partial charge < -0.3 is 0 Å². The molecule has 1 saturated carbocycles. The van der Waals surface area contributed by atoms with E-state index >= 15 is 0 Å². The summed E-state index contributed by atoms with van der Waals surface area (Å²) in [5, 5.41) is 0. The molecule has 0 aromatic heterocycles. The van der Waals surface area contributed by atoms with Gasteiger partial charge in [0, 0.05) is 0 Å². The Bertz CT molecular complexity index is 105. The molecule has 0 heterocycles. The van der Waals surface area contributed by atoms with E-state index in [2.05, 4.69) is 5.73 Å². The van der Waals surface area contributed by atoms with E-state index < -0.39 is 0 Å². The van der Waals surface area contributed by atoms with Crippen molar-refractivity contribution in [1.29, 1.82) is 0 Å². The van der Waals surface area contributed by atoms with Crippen LogP contribution >= 0.6 is 0 Å². The van der Waals surface area contributed by atoms with Gasteiger partial charge in [-0.3, -0.25) is 5.73 Å². The Morgan fingerprint density at radius 1 is 1.71 bits per heavy atom. The molecular weight excluding hydrogens is 90.1 g/mol. The van der Waals surface area contributed by atoms with Gasteiger partial charge in [-0.05, 0) is 19.8 Å². The molecule has 0 radical (unpaired) electrons. The summed E-state index contributed by atoms with van der Waals surface area (Å²) in [7, 11) is 0. The molecule has 2 nitrogen and oxygen atoms in total. The number of quaternary nitrogens is 1. The molecule has 2 heteroatoms. The van der Waals surface area contributed by atoms with Crippen molar-refractivity contribution in [2.45, 2.75) is 19.8 Å². The molecule has 7 heavy (non-hydrogen) atoms. The summed E-state index contributed by atoms with van der Waals surface area (Å²) in [6.45, 7) is 1.96. The predicted molar refractivity (Wildman–Crippen MR) is 25.2 cm³/mol. The maximum Gasteiger partial charge on any atom is 0.314 e. The van der Waals surface area contributed by atoms with Crippen LogP contribution in [0, 0.1) is 5.41 Å². The molecule has 0 aliphatic heterocycles. The molecule has 0 unspecified atom stereocenters. The van der Waals surface area contributed by atoms with E-state index in [-0.39, 0.29) is 11.3 Å². The standard InChI is InChI=1S/C5H9NO/c1-5(2-3-5)4(6)7/h2-3H2,1H3,(H2,6,7)/p+1. The summed E-state index contributed by atoms with van der Waals surface area (Å²) < 4.78 is 0. The smallest absolute Gasteiger partial charge is 0.294 e. The maximum atomic E-state index is 10.4. The molecule has 3 N–H and O–H groups in total. The number of hydrogen-bond donors (Lipinski definition) is 1. The van der Waals surface area contributed by atoms with E-state index in [0.29, 0.717) is 0 Å². The highest BCUT2D eigenvalue weighted by atomic mass is 16.1.